The minimum Gasteiger partial charge on any atom is -0.394 e. The predicted molar refractivity (Wildman–Crippen MR) is 45.3 cm³/mol. The van der Waals surface area contributed by atoms with Gasteiger partial charge in [-0.1, -0.05) is 13.8 Å². The highest BCUT2D eigenvalue weighted by atomic mass is 16.5. The molecule has 0 aliphatic carbocycles. The molecule has 0 aliphatic heterocycles. The maximum atomic E-state index is 8.80. The Morgan fingerprint density at radius 3 is 2.18 bits per heavy atom. The molecule has 11 heavy (non-hydrogen) atoms. The van der Waals surface area contributed by atoms with E-state index in [0.717, 1.165) is 0 Å². The molecule has 0 heterocycles. The smallest absolute Gasteiger partial charge is 0.0953 e. The molecule has 0 amide bonds. The summed E-state index contributed by atoms with van der Waals surface area (Å²) in [7, 11) is 0. The van der Waals surface area contributed by atoms with Crippen LogP contribution in [-0.4, -0.2) is 30.5 Å². The number of hydrogen-bond donors (Lipinski definition) is 2. The zero-order valence-electron chi connectivity index (χ0n) is 7.58. The van der Waals surface area contributed by atoms with Crippen LogP contribution in [0.4, 0.5) is 0 Å². The lowest BCUT2D eigenvalue weighted by Crippen LogP contribution is -2.37. The van der Waals surface area contributed by atoms with Gasteiger partial charge in [-0.05, 0) is 12.8 Å². The summed E-state index contributed by atoms with van der Waals surface area (Å²) in [6.45, 7) is 6.63. The number of ether oxygens (including phenoxy) is 1. The van der Waals surface area contributed by atoms with E-state index >= 15 is 0 Å². The van der Waals surface area contributed by atoms with Gasteiger partial charge >= 0.3 is 0 Å². The molecule has 0 radical (unpaired) electrons. The van der Waals surface area contributed by atoms with Gasteiger partial charge in [0.2, 0.25) is 0 Å². The lowest BCUT2D eigenvalue weighted by molar-refractivity contribution is -0.0107. The zero-order chi connectivity index (χ0) is 8.85. The molecular formula is C8H19NO2. The van der Waals surface area contributed by atoms with Crippen molar-refractivity contribution in [1.82, 2.24) is 0 Å². The predicted octanol–water partition coefficient (Wildman–Crippen LogP) is 0.367. The van der Waals surface area contributed by atoms with Crippen molar-refractivity contribution in [2.45, 2.75) is 32.9 Å². The summed E-state index contributed by atoms with van der Waals surface area (Å²) in [6.07, 6.45) is -0.211. The zero-order valence-corrected chi connectivity index (χ0v) is 7.58. The topological polar surface area (TPSA) is 55.5 Å². The van der Waals surface area contributed by atoms with Crippen molar-refractivity contribution < 1.29 is 9.84 Å². The standard InChI is InChI=1S/C8H19NO2/c1-6(2)5-11-8(4-10)7(3)9/h6-8,10H,4-5,9H2,1-3H3. The molecule has 3 N–H and O–H groups in total. The van der Waals surface area contributed by atoms with Crippen LogP contribution in [-0.2, 0) is 4.74 Å². The molecule has 0 aromatic carbocycles. The van der Waals surface area contributed by atoms with Gasteiger partial charge in [-0.3, -0.25) is 0 Å². The van der Waals surface area contributed by atoms with E-state index in [2.05, 4.69) is 13.8 Å². The third kappa shape index (κ3) is 5.18. The SMILES string of the molecule is CC(C)COC(CO)C(C)N. The molecule has 0 aromatic rings. The lowest BCUT2D eigenvalue weighted by atomic mass is 10.2. The summed E-state index contributed by atoms with van der Waals surface area (Å²) in [5.41, 5.74) is 5.55. The summed E-state index contributed by atoms with van der Waals surface area (Å²) in [6, 6.07) is -0.0984. The second-order valence-electron chi connectivity index (χ2n) is 3.31. The van der Waals surface area contributed by atoms with Crippen LogP contribution in [0.3, 0.4) is 0 Å². The molecule has 0 saturated heterocycles. The van der Waals surface area contributed by atoms with E-state index in [4.69, 9.17) is 15.6 Å². The van der Waals surface area contributed by atoms with Crippen molar-refractivity contribution in [2.24, 2.45) is 11.7 Å². The monoisotopic (exact) mass is 161 g/mol. The van der Waals surface area contributed by atoms with Crippen molar-refractivity contribution in [3.63, 3.8) is 0 Å². The fourth-order valence-corrected chi connectivity index (χ4v) is 0.687. The van der Waals surface area contributed by atoms with Gasteiger partial charge in [-0.25, -0.2) is 0 Å². The van der Waals surface area contributed by atoms with Gasteiger partial charge in [0.25, 0.3) is 0 Å². The first-order valence-electron chi connectivity index (χ1n) is 4.06. The first-order valence-corrected chi connectivity index (χ1v) is 4.06. The van der Waals surface area contributed by atoms with E-state index in [0.29, 0.717) is 12.5 Å². The Morgan fingerprint density at radius 2 is 1.91 bits per heavy atom. The Kier molecular flexibility index (Phi) is 5.46. The van der Waals surface area contributed by atoms with Crippen LogP contribution in [0.2, 0.25) is 0 Å². The molecule has 0 rings (SSSR count). The summed E-state index contributed by atoms with van der Waals surface area (Å²) in [5, 5.41) is 8.80. The Bertz CT molecular complexity index is 94.1. The van der Waals surface area contributed by atoms with Gasteiger partial charge in [-0.2, -0.15) is 0 Å². The molecule has 0 aliphatic rings. The van der Waals surface area contributed by atoms with Gasteiger partial charge in [0.05, 0.1) is 12.7 Å². The average molecular weight is 161 g/mol. The van der Waals surface area contributed by atoms with Gasteiger partial charge in [0, 0.05) is 12.6 Å². The number of aliphatic hydroxyl groups is 1. The maximum Gasteiger partial charge on any atom is 0.0953 e. The van der Waals surface area contributed by atoms with E-state index < -0.39 is 0 Å². The molecule has 0 fully saturated rings. The molecule has 68 valence electrons. The first kappa shape index (κ1) is 10.9. The van der Waals surface area contributed by atoms with Crippen LogP contribution in [0.5, 0.6) is 0 Å². The van der Waals surface area contributed by atoms with Crippen LogP contribution < -0.4 is 5.73 Å². The molecule has 2 atom stereocenters. The first-order chi connectivity index (χ1) is 5.07. The molecule has 2 unspecified atom stereocenters. The van der Waals surface area contributed by atoms with E-state index in [-0.39, 0.29) is 18.8 Å². The molecule has 3 nitrogen and oxygen atoms in total. The minimum absolute atomic E-state index is 0.00435. The second kappa shape index (κ2) is 5.52. The molecule has 3 heteroatoms. The van der Waals surface area contributed by atoms with E-state index in [1.807, 2.05) is 6.92 Å². The van der Waals surface area contributed by atoms with Crippen LogP contribution in [0.25, 0.3) is 0 Å². The Morgan fingerprint density at radius 1 is 1.36 bits per heavy atom. The molecular weight excluding hydrogens is 142 g/mol. The quantitative estimate of drug-likeness (QED) is 0.612. The lowest BCUT2D eigenvalue weighted by Gasteiger charge is -2.19. The number of hydrogen-bond acceptors (Lipinski definition) is 3. The summed E-state index contributed by atoms with van der Waals surface area (Å²) >= 11 is 0. The van der Waals surface area contributed by atoms with E-state index in [1.165, 1.54) is 0 Å². The van der Waals surface area contributed by atoms with Crippen molar-refractivity contribution in [3.05, 3.63) is 0 Å². The molecule has 0 bridgehead atoms. The van der Waals surface area contributed by atoms with Crippen LogP contribution >= 0.6 is 0 Å². The molecule has 0 spiro atoms. The summed E-state index contributed by atoms with van der Waals surface area (Å²) in [4.78, 5) is 0. The van der Waals surface area contributed by atoms with Crippen molar-refractivity contribution in [2.75, 3.05) is 13.2 Å². The highest BCUT2D eigenvalue weighted by Gasteiger charge is 2.12. The van der Waals surface area contributed by atoms with Gasteiger partial charge < -0.3 is 15.6 Å². The molecule has 0 saturated carbocycles. The highest BCUT2D eigenvalue weighted by Crippen LogP contribution is 2.00. The summed E-state index contributed by atoms with van der Waals surface area (Å²) in [5.74, 6) is 0.489. The maximum absolute atomic E-state index is 8.80. The van der Waals surface area contributed by atoms with Gasteiger partial charge in [-0.15, -0.1) is 0 Å². The highest BCUT2D eigenvalue weighted by molar-refractivity contribution is 4.67. The number of rotatable bonds is 5. The van der Waals surface area contributed by atoms with Crippen LogP contribution in [0.15, 0.2) is 0 Å². The van der Waals surface area contributed by atoms with Crippen molar-refractivity contribution >= 4 is 0 Å². The fraction of sp³-hybridized carbons (Fsp3) is 1.00. The van der Waals surface area contributed by atoms with Crippen molar-refractivity contribution in [1.29, 1.82) is 0 Å². The summed E-state index contributed by atoms with van der Waals surface area (Å²) < 4.78 is 5.34. The fourth-order valence-electron chi connectivity index (χ4n) is 0.687. The largest absolute Gasteiger partial charge is 0.394 e. The second-order valence-corrected chi connectivity index (χ2v) is 3.31. The van der Waals surface area contributed by atoms with E-state index in [9.17, 15) is 0 Å². The Balaban J connectivity index is 3.52. The normalized spacial score (nSPS) is 16.9. The van der Waals surface area contributed by atoms with Crippen LogP contribution in [0.1, 0.15) is 20.8 Å². The van der Waals surface area contributed by atoms with Crippen LogP contribution in [0, 0.1) is 5.92 Å². The third-order valence-electron chi connectivity index (χ3n) is 1.41. The van der Waals surface area contributed by atoms with Gasteiger partial charge in [0.15, 0.2) is 0 Å². The minimum atomic E-state index is -0.211. The third-order valence-corrected chi connectivity index (χ3v) is 1.41. The Labute approximate surface area is 68.5 Å². The van der Waals surface area contributed by atoms with E-state index in [1.54, 1.807) is 0 Å². The Hall–Kier alpha value is -0.120. The molecule has 0 aromatic heterocycles. The number of aliphatic hydroxyl groups excluding tert-OH is 1. The average Bonchev–Trinajstić information content (AvgIpc) is 1.87. The van der Waals surface area contributed by atoms with Crippen molar-refractivity contribution in [3.8, 4) is 0 Å². The van der Waals surface area contributed by atoms with Gasteiger partial charge in [0.1, 0.15) is 0 Å². The number of nitrogens with two attached hydrogens (primary N) is 1.